The second-order valence-electron chi connectivity index (χ2n) is 8.04. The molecule has 1 saturated heterocycles. The Hall–Kier alpha value is -2.59. The first-order valence-corrected chi connectivity index (χ1v) is 10.4. The lowest BCUT2D eigenvalue weighted by Crippen LogP contribution is -2.61. The molecule has 1 saturated carbocycles. The Balaban J connectivity index is 1.72. The van der Waals surface area contributed by atoms with Crippen molar-refractivity contribution >= 4 is 12.0 Å². The zero-order valence-corrected chi connectivity index (χ0v) is 17.1. The molecule has 29 heavy (non-hydrogen) atoms. The van der Waals surface area contributed by atoms with Gasteiger partial charge in [-0.25, -0.2) is 4.79 Å². The van der Waals surface area contributed by atoms with Crippen LogP contribution in [0.5, 0.6) is 0 Å². The van der Waals surface area contributed by atoms with Gasteiger partial charge in [0.2, 0.25) is 0 Å². The first-order valence-electron chi connectivity index (χ1n) is 10.4. The minimum atomic E-state index is -1.19. The van der Waals surface area contributed by atoms with Gasteiger partial charge in [0.1, 0.15) is 5.54 Å². The van der Waals surface area contributed by atoms with Crippen molar-refractivity contribution in [3.63, 3.8) is 0 Å². The highest BCUT2D eigenvalue weighted by atomic mass is 16.6. The van der Waals surface area contributed by atoms with Gasteiger partial charge < -0.3 is 20.3 Å². The summed E-state index contributed by atoms with van der Waals surface area (Å²) in [6.07, 6.45) is 4.21. The number of amides is 2. The smallest absolute Gasteiger partial charge is 0.408 e. The van der Waals surface area contributed by atoms with E-state index in [1.807, 2.05) is 30.3 Å². The zero-order valence-electron chi connectivity index (χ0n) is 17.1. The van der Waals surface area contributed by atoms with Crippen LogP contribution in [0.15, 0.2) is 30.3 Å². The summed E-state index contributed by atoms with van der Waals surface area (Å²) in [5.74, 6) is -0.254. The lowest BCUT2D eigenvalue weighted by molar-refractivity contribution is -0.158. The number of hydrogen-bond donors (Lipinski definition) is 2. The number of piperidine rings is 1. The summed E-state index contributed by atoms with van der Waals surface area (Å²) in [7, 11) is 1.68. The number of carbonyl (C=O) groups is 2. The van der Waals surface area contributed by atoms with Gasteiger partial charge in [-0.05, 0) is 57.2 Å². The van der Waals surface area contributed by atoms with Crippen LogP contribution in [0.25, 0.3) is 0 Å². The molecule has 0 unspecified atom stereocenters. The highest BCUT2D eigenvalue weighted by Gasteiger charge is 2.50. The van der Waals surface area contributed by atoms with Crippen LogP contribution in [-0.4, -0.2) is 48.2 Å². The molecule has 2 amide bonds. The van der Waals surface area contributed by atoms with Crippen molar-refractivity contribution in [1.29, 1.82) is 5.26 Å². The minimum absolute atomic E-state index is 0.254. The van der Waals surface area contributed by atoms with E-state index in [0.717, 1.165) is 24.8 Å². The summed E-state index contributed by atoms with van der Waals surface area (Å²) in [5.41, 5.74) is -1.08. The van der Waals surface area contributed by atoms with Crippen molar-refractivity contribution in [3.05, 3.63) is 35.9 Å². The molecule has 3 rings (SSSR count). The van der Waals surface area contributed by atoms with E-state index in [9.17, 15) is 14.9 Å². The van der Waals surface area contributed by atoms with Gasteiger partial charge in [-0.15, -0.1) is 0 Å². The second kappa shape index (κ2) is 9.27. The quantitative estimate of drug-likeness (QED) is 0.795. The summed E-state index contributed by atoms with van der Waals surface area (Å²) in [6.45, 7) is 1.72. The summed E-state index contributed by atoms with van der Waals surface area (Å²) >= 11 is 0. The molecule has 0 bridgehead atoms. The van der Waals surface area contributed by atoms with E-state index in [0.29, 0.717) is 45.3 Å². The molecule has 1 aromatic rings. The van der Waals surface area contributed by atoms with Crippen molar-refractivity contribution < 1.29 is 14.3 Å². The third-order valence-corrected chi connectivity index (χ3v) is 6.20. The van der Waals surface area contributed by atoms with Crippen LogP contribution in [0.1, 0.15) is 50.5 Å². The SMILES string of the molecule is CN(C(=O)C1(OC(=O)NCc2ccccc2)CCCCC1)C1(C#N)CCNCC1. The van der Waals surface area contributed by atoms with Gasteiger partial charge in [0.05, 0.1) is 6.07 Å². The van der Waals surface area contributed by atoms with Crippen molar-refractivity contribution in [1.82, 2.24) is 15.5 Å². The molecule has 1 aliphatic heterocycles. The van der Waals surface area contributed by atoms with E-state index in [-0.39, 0.29) is 5.91 Å². The fourth-order valence-corrected chi connectivity index (χ4v) is 4.33. The van der Waals surface area contributed by atoms with Gasteiger partial charge in [0.15, 0.2) is 5.60 Å². The van der Waals surface area contributed by atoms with Crippen LogP contribution < -0.4 is 10.6 Å². The summed E-state index contributed by atoms with van der Waals surface area (Å²) in [4.78, 5) is 27.7. The maximum Gasteiger partial charge on any atom is 0.408 e. The van der Waals surface area contributed by atoms with E-state index in [1.165, 1.54) is 0 Å². The number of nitrogens with zero attached hydrogens (tertiary/aromatic N) is 2. The Morgan fingerprint density at radius 1 is 1.14 bits per heavy atom. The molecular formula is C22H30N4O3. The molecule has 1 aromatic carbocycles. The molecule has 2 fully saturated rings. The molecular weight excluding hydrogens is 368 g/mol. The van der Waals surface area contributed by atoms with Crippen molar-refractivity contribution in [2.24, 2.45) is 0 Å². The predicted molar refractivity (Wildman–Crippen MR) is 109 cm³/mol. The second-order valence-corrected chi connectivity index (χ2v) is 8.04. The van der Waals surface area contributed by atoms with Gasteiger partial charge in [0.25, 0.3) is 5.91 Å². The normalized spacial score (nSPS) is 20.1. The Morgan fingerprint density at radius 3 is 2.41 bits per heavy atom. The van der Waals surface area contributed by atoms with E-state index >= 15 is 0 Å². The van der Waals surface area contributed by atoms with Crippen molar-refractivity contribution in [2.45, 2.75) is 62.6 Å². The zero-order chi connectivity index (χ0) is 20.7. The predicted octanol–water partition coefficient (Wildman–Crippen LogP) is 2.72. The molecule has 0 atom stereocenters. The summed E-state index contributed by atoms with van der Waals surface area (Å²) in [5, 5.41) is 15.8. The Kier molecular flexibility index (Phi) is 6.75. The van der Waals surface area contributed by atoms with E-state index in [4.69, 9.17) is 4.74 Å². The first-order chi connectivity index (χ1) is 14.0. The topological polar surface area (TPSA) is 94.5 Å². The monoisotopic (exact) mass is 398 g/mol. The number of rotatable bonds is 5. The number of hydrogen-bond acceptors (Lipinski definition) is 5. The molecule has 1 aliphatic carbocycles. The van der Waals surface area contributed by atoms with Crippen molar-refractivity contribution in [3.8, 4) is 6.07 Å². The number of nitriles is 1. The fraction of sp³-hybridized carbons (Fsp3) is 0.591. The van der Waals surface area contributed by atoms with Crippen LogP contribution in [0.3, 0.4) is 0 Å². The molecule has 7 nitrogen and oxygen atoms in total. The molecule has 7 heteroatoms. The molecule has 2 aliphatic rings. The van der Waals surface area contributed by atoms with E-state index in [1.54, 1.807) is 11.9 Å². The number of benzene rings is 1. The van der Waals surface area contributed by atoms with Crippen LogP contribution in [-0.2, 0) is 16.1 Å². The largest absolute Gasteiger partial charge is 0.433 e. The van der Waals surface area contributed by atoms with Crippen LogP contribution >= 0.6 is 0 Å². The van der Waals surface area contributed by atoms with Gasteiger partial charge in [0, 0.05) is 13.6 Å². The van der Waals surface area contributed by atoms with Crippen LogP contribution in [0.4, 0.5) is 4.79 Å². The van der Waals surface area contributed by atoms with Gasteiger partial charge in [-0.2, -0.15) is 5.26 Å². The van der Waals surface area contributed by atoms with Gasteiger partial charge in [-0.3, -0.25) is 4.79 Å². The molecule has 0 spiro atoms. The number of carbonyl (C=O) groups excluding carboxylic acids is 2. The third kappa shape index (κ3) is 4.70. The third-order valence-electron chi connectivity index (χ3n) is 6.20. The van der Waals surface area contributed by atoms with Crippen molar-refractivity contribution in [2.75, 3.05) is 20.1 Å². The molecule has 0 radical (unpaired) electrons. The molecule has 2 N–H and O–H groups in total. The molecule has 0 aromatic heterocycles. The fourth-order valence-electron chi connectivity index (χ4n) is 4.33. The first kappa shape index (κ1) is 21.1. The lowest BCUT2D eigenvalue weighted by Gasteiger charge is -2.44. The number of nitrogens with one attached hydrogen (secondary N) is 2. The molecule has 156 valence electrons. The maximum absolute atomic E-state index is 13.5. The number of likely N-dealkylation sites (N-methyl/N-ethyl adjacent to an activating group) is 1. The Labute approximate surface area is 172 Å². The average molecular weight is 399 g/mol. The highest BCUT2D eigenvalue weighted by Crippen LogP contribution is 2.36. The van der Waals surface area contributed by atoms with E-state index in [2.05, 4.69) is 16.7 Å². The van der Waals surface area contributed by atoms with E-state index < -0.39 is 17.2 Å². The van der Waals surface area contributed by atoms with Crippen LogP contribution in [0.2, 0.25) is 0 Å². The standard InChI is InChI=1S/C22H30N4O3/c1-26(21(17-23)12-14-24-15-13-21)19(27)22(10-6-3-7-11-22)29-20(28)25-16-18-8-4-2-5-9-18/h2,4-5,8-9,24H,3,6-7,10-16H2,1H3,(H,25,28). The maximum atomic E-state index is 13.5. The summed E-state index contributed by atoms with van der Waals surface area (Å²) < 4.78 is 5.80. The van der Waals surface area contributed by atoms with Crippen LogP contribution in [0, 0.1) is 11.3 Å². The van der Waals surface area contributed by atoms with Gasteiger partial charge in [-0.1, -0.05) is 36.8 Å². The Morgan fingerprint density at radius 2 is 1.79 bits per heavy atom. The van der Waals surface area contributed by atoms with Gasteiger partial charge >= 0.3 is 6.09 Å². The average Bonchev–Trinajstić information content (AvgIpc) is 2.78. The summed E-state index contributed by atoms with van der Waals surface area (Å²) in [6, 6.07) is 11.9. The highest BCUT2D eigenvalue weighted by molar-refractivity contribution is 5.88. The lowest BCUT2D eigenvalue weighted by atomic mass is 9.81. The minimum Gasteiger partial charge on any atom is -0.433 e. The Bertz CT molecular complexity index is 747. The number of ether oxygens (including phenoxy) is 1. The number of alkyl carbamates (subject to hydrolysis) is 1. The molecule has 1 heterocycles.